The highest BCUT2D eigenvalue weighted by Crippen LogP contribution is 2.38. The fraction of sp³-hybridized carbons (Fsp3) is 0.286. The number of halogens is 6. The zero-order chi connectivity index (χ0) is 27.7. The van der Waals surface area contributed by atoms with E-state index in [1.807, 2.05) is 44.1 Å². The van der Waals surface area contributed by atoms with E-state index in [2.05, 4.69) is 15.3 Å². The second kappa shape index (κ2) is 10.6. The highest BCUT2D eigenvalue weighted by atomic mass is 19.4. The summed E-state index contributed by atoms with van der Waals surface area (Å²) >= 11 is 0. The van der Waals surface area contributed by atoms with Gasteiger partial charge in [0.05, 0.1) is 16.6 Å². The smallest absolute Gasteiger partial charge is 0.369 e. The maximum absolute atomic E-state index is 13.9. The second-order valence-corrected chi connectivity index (χ2v) is 9.33. The molecule has 1 aromatic heterocycles. The predicted molar refractivity (Wildman–Crippen MR) is 137 cm³/mol. The van der Waals surface area contributed by atoms with Gasteiger partial charge >= 0.3 is 12.4 Å². The molecule has 0 atom stereocenters. The number of nitrogens with zero attached hydrogens (tertiary/aromatic N) is 3. The zero-order valence-electron chi connectivity index (χ0n) is 21.0. The number of aryl methyl sites for hydroxylation is 1. The fourth-order valence-electron chi connectivity index (χ4n) is 4.12. The van der Waals surface area contributed by atoms with Crippen LogP contribution in [0.4, 0.5) is 32.2 Å². The molecule has 4 nitrogen and oxygen atoms in total. The minimum Gasteiger partial charge on any atom is -0.369 e. The molecule has 0 saturated heterocycles. The molecule has 1 N–H and O–H groups in total. The van der Waals surface area contributed by atoms with Crippen LogP contribution >= 0.6 is 0 Å². The van der Waals surface area contributed by atoms with E-state index in [9.17, 15) is 26.3 Å². The summed E-state index contributed by atoms with van der Waals surface area (Å²) < 4.78 is 81.5. The zero-order valence-corrected chi connectivity index (χ0v) is 21.0. The molecule has 0 fully saturated rings. The summed E-state index contributed by atoms with van der Waals surface area (Å²) in [7, 11) is 3.91. The lowest BCUT2D eigenvalue weighted by atomic mass is 9.97. The lowest BCUT2D eigenvalue weighted by Gasteiger charge is -2.16. The van der Waals surface area contributed by atoms with Gasteiger partial charge in [-0.1, -0.05) is 24.3 Å². The number of benzene rings is 3. The molecule has 38 heavy (non-hydrogen) atoms. The van der Waals surface area contributed by atoms with Gasteiger partial charge in [0.2, 0.25) is 0 Å². The van der Waals surface area contributed by atoms with Crippen molar-refractivity contribution in [3.8, 4) is 22.5 Å². The lowest BCUT2D eigenvalue weighted by Crippen LogP contribution is -2.17. The Hall–Kier alpha value is -3.66. The minimum absolute atomic E-state index is 0.00572. The quantitative estimate of drug-likeness (QED) is 0.196. The Kier molecular flexibility index (Phi) is 7.64. The minimum atomic E-state index is -4.73. The van der Waals surface area contributed by atoms with Crippen LogP contribution < -0.4 is 5.32 Å². The van der Waals surface area contributed by atoms with E-state index < -0.39 is 23.5 Å². The first kappa shape index (κ1) is 27.4. The molecular weight excluding hydrogens is 506 g/mol. The molecule has 0 radical (unpaired) electrons. The van der Waals surface area contributed by atoms with Gasteiger partial charge in [0.1, 0.15) is 5.82 Å². The van der Waals surface area contributed by atoms with E-state index in [4.69, 9.17) is 0 Å². The number of nitrogens with one attached hydrogen (secondary N) is 1. The van der Waals surface area contributed by atoms with E-state index in [-0.39, 0.29) is 22.5 Å². The summed E-state index contributed by atoms with van der Waals surface area (Å²) in [5.41, 5.74) is -0.528. The van der Waals surface area contributed by atoms with Crippen molar-refractivity contribution in [2.24, 2.45) is 0 Å². The van der Waals surface area contributed by atoms with Gasteiger partial charge in [-0.15, -0.1) is 0 Å². The second-order valence-electron chi connectivity index (χ2n) is 9.33. The van der Waals surface area contributed by atoms with Crippen LogP contribution in [-0.4, -0.2) is 42.1 Å². The molecule has 0 aliphatic carbocycles. The summed E-state index contributed by atoms with van der Waals surface area (Å²) in [5.74, 6) is 0.520. The first-order valence-corrected chi connectivity index (χ1v) is 11.9. The van der Waals surface area contributed by atoms with Gasteiger partial charge < -0.3 is 10.2 Å². The third-order valence-electron chi connectivity index (χ3n) is 6.04. The Labute approximate surface area is 216 Å². The first-order chi connectivity index (χ1) is 17.8. The van der Waals surface area contributed by atoms with Crippen molar-refractivity contribution < 1.29 is 26.3 Å². The number of aromatic nitrogens is 2. The Morgan fingerprint density at radius 3 is 2.11 bits per heavy atom. The van der Waals surface area contributed by atoms with Crippen molar-refractivity contribution in [2.45, 2.75) is 25.7 Å². The average Bonchev–Trinajstić information content (AvgIpc) is 2.85. The van der Waals surface area contributed by atoms with Gasteiger partial charge in [0.15, 0.2) is 5.82 Å². The van der Waals surface area contributed by atoms with E-state index in [1.54, 1.807) is 0 Å². The summed E-state index contributed by atoms with van der Waals surface area (Å²) in [6.45, 7) is 3.25. The molecule has 0 aliphatic heterocycles. The van der Waals surface area contributed by atoms with E-state index >= 15 is 0 Å². The number of anilines is 1. The molecule has 0 spiro atoms. The summed E-state index contributed by atoms with van der Waals surface area (Å²) in [6.07, 6.45) is -8.55. The maximum atomic E-state index is 13.9. The fourth-order valence-corrected chi connectivity index (χ4v) is 4.12. The largest absolute Gasteiger partial charge is 0.416 e. The van der Waals surface area contributed by atoms with Gasteiger partial charge in [0.25, 0.3) is 0 Å². The molecule has 0 amide bonds. The third-order valence-corrected chi connectivity index (χ3v) is 6.04. The highest BCUT2D eigenvalue weighted by Gasteiger charge is 2.33. The van der Waals surface area contributed by atoms with Crippen LogP contribution in [0.3, 0.4) is 0 Å². The molecule has 200 valence electrons. The number of fused-ring (bicyclic) bond motifs is 1. The molecule has 0 saturated carbocycles. The van der Waals surface area contributed by atoms with Crippen LogP contribution in [0.5, 0.6) is 0 Å². The van der Waals surface area contributed by atoms with E-state index in [0.29, 0.717) is 17.9 Å². The van der Waals surface area contributed by atoms with Crippen molar-refractivity contribution in [2.75, 3.05) is 32.5 Å². The van der Waals surface area contributed by atoms with E-state index in [0.717, 1.165) is 48.2 Å². The van der Waals surface area contributed by atoms with Crippen LogP contribution in [0.1, 0.15) is 23.1 Å². The standard InChI is InChI=1S/C28H26F6N4/c1-17-7-4-10-23-24(17)36-25(37-26(23)35-11-6-12-38(2)3)20-13-19(15-22(16-20)28(32,33)34)18-8-5-9-21(14-18)27(29,30)31/h4-5,7-10,13-16H,6,11-12H2,1-3H3,(H,35,36,37). The molecule has 0 aliphatic rings. The Morgan fingerprint density at radius 1 is 0.763 bits per heavy atom. The first-order valence-electron chi connectivity index (χ1n) is 11.9. The molecule has 0 bridgehead atoms. The van der Waals surface area contributed by atoms with E-state index in [1.165, 1.54) is 18.2 Å². The molecule has 1 heterocycles. The Bertz CT molecular complexity index is 1440. The van der Waals surface area contributed by atoms with Crippen LogP contribution in [0, 0.1) is 6.92 Å². The van der Waals surface area contributed by atoms with Gasteiger partial charge in [-0.3, -0.25) is 0 Å². The number of hydrogen-bond donors (Lipinski definition) is 1. The van der Waals surface area contributed by atoms with Crippen molar-refractivity contribution in [1.82, 2.24) is 14.9 Å². The predicted octanol–water partition coefficient (Wildman–Crippen LogP) is 7.67. The number of alkyl halides is 6. The highest BCUT2D eigenvalue weighted by molar-refractivity contribution is 5.92. The van der Waals surface area contributed by atoms with Crippen LogP contribution in [0.25, 0.3) is 33.4 Å². The third kappa shape index (κ3) is 6.24. The molecule has 4 rings (SSSR count). The maximum Gasteiger partial charge on any atom is 0.416 e. The Morgan fingerprint density at radius 2 is 1.42 bits per heavy atom. The van der Waals surface area contributed by atoms with Gasteiger partial charge in [-0.25, -0.2) is 9.97 Å². The Balaban J connectivity index is 1.87. The van der Waals surface area contributed by atoms with Crippen LogP contribution in [-0.2, 0) is 12.4 Å². The topological polar surface area (TPSA) is 41.0 Å². The molecule has 10 heteroatoms. The molecule has 3 aromatic carbocycles. The summed E-state index contributed by atoms with van der Waals surface area (Å²) in [5, 5.41) is 4.00. The number of para-hydroxylation sites is 1. The van der Waals surface area contributed by atoms with Crippen molar-refractivity contribution >= 4 is 16.7 Å². The summed E-state index contributed by atoms with van der Waals surface area (Å²) in [6, 6.07) is 12.9. The number of rotatable bonds is 7. The SMILES string of the molecule is Cc1cccc2c(NCCCN(C)C)nc(-c3cc(-c4cccc(C(F)(F)F)c4)cc(C(F)(F)F)c3)nc12. The van der Waals surface area contributed by atoms with Crippen molar-refractivity contribution in [3.63, 3.8) is 0 Å². The monoisotopic (exact) mass is 532 g/mol. The molecule has 0 unspecified atom stereocenters. The summed E-state index contributed by atoms with van der Waals surface area (Å²) in [4.78, 5) is 11.2. The average molecular weight is 533 g/mol. The van der Waals surface area contributed by atoms with Gasteiger partial charge in [0, 0.05) is 17.5 Å². The van der Waals surface area contributed by atoms with Crippen molar-refractivity contribution in [1.29, 1.82) is 0 Å². The van der Waals surface area contributed by atoms with Gasteiger partial charge in [-0.05, 0) is 87.1 Å². The lowest BCUT2D eigenvalue weighted by molar-refractivity contribution is -0.138. The number of hydrogen-bond acceptors (Lipinski definition) is 4. The molecular formula is C28H26F6N4. The normalized spacial score (nSPS) is 12.4. The van der Waals surface area contributed by atoms with Crippen LogP contribution in [0.15, 0.2) is 60.7 Å². The van der Waals surface area contributed by atoms with Crippen LogP contribution in [0.2, 0.25) is 0 Å². The van der Waals surface area contributed by atoms with Crippen molar-refractivity contribution in [3.05, 3.63) is 77.4 Å². The molecule has 4 aromatic rings. The van der Waals surface area contributed by atoms with Gasteiger partial charge in [-0.2, -0.15) is 26.3 Å².